The number of para-hydroxylation sites is 1. The smallest absolute Gasteiger partial charge is 0.306 e. The molecule has 82 valence electrons. The highest BCUT2D eigenvalue weighted by molar-refractivity contribution is 14.1. The Morgan fingerprint density at radius 2 is 2.07 bits per heavy atom. The van der Waals surface area contributed by atoms with Crippen molar-refractivity contribution in [1.82, 2.24) is 0 Å². The van der Waals surface area contributed by atoms with Crippen LogP contribution in [0.25, 0.3) is 0 Å². The number of esters is 1. The van der Waals surface area contributed by atoms with E-state index in [1.807, 2.05) is 30.3 Å². The minimum Gasteiger partial charge on any atom is -0.460 e. The number of hydrogen-bond donors (Lipinski definition) is 1. The molecule has 0 amide bonds. The molecule has 0 spiro atoms. The molecule has 0 aliphatic heterocycles. The third kappa shape index (κ3) is 5.74. The van der Waals surface area contributed by atoms with Gasteiger partial charge in [-0.2, -0.15) is 0 Å². The molecule has 1 aromatic carbocycles. The van der Waals surface area contributed by atoms with Gasteiger partial charge >= 0.3 is 5.97 Å². The lowest BCUT2D eigenvalue weighted by molar-refractivity contribution is -0.573. The predicted molar refractivity (Wildman–Crippen MR) is 67.4 cm³/mol. The van der Waals surface area contributed by atoms with Gasteiger partial charge in [0.25, 0.3) is 0 Å². The molecule has 15 heavy (non-hydrogen) atoms. The van der Waals surface area contributed by atoms with Crippen LogP contribution in [-0.2, 0) is 9.53 Å². The second-order valence-corrected chi connectivity index (χ2v) is 4.14. The molecular weight excluding hydrogens is 305 g/mol. The molecule has 1 aromatic rings. The van der Waals surface area contributed by atoms with Crippen LogP contribution in [0.2, 0.25) is 0 Å². The average Bonchev–Trinajstić information content (AvgIpc) is 2.26. The number of quaternary nitrogens is 1. The first-order valence-corrected chi connectivity index (χ1v) is 6.45. The molecule has 0 aliphatic carbocycles. The van der Waals surface area contributed by atoms with Gasteiger partial charge in [-0.1, -0.05) is 40.8 Å². The summed E-state index contributed by atoms with van der Waals surface area (Å²) in [6.07, 6.45) is 0.506. The normalized spacial score (nSPS) is 9.93. The zero-order valence-electron chi connectivity index (χ0n) is 8.49. The highest BCUT2D eigenvalue weighted by atomic mass is 127. The molecule has 0 radical (unpaired) electrons. The summed E-state index contributed by atoms with van der Waals surface area (Å²) < 4.78 is 5.85. The van der Waals surface area contributed by atoms with Crippen molar-refractivity contribution in [3.8, 4) is 0 Å². The third-order valence-electron chi connectivity index (χ3n) is 1.86. The lowest BCUT2D eigenvalue weighted by atomic mass is 10.3. The van der Waals surface area contributed by atoms with Crippen molar-refractivity contribution < 1.29 is 14.8 Å². The van der Waals surface area contributed by atoms with E-state index in [0.29, 0.717) is 13.0 Å². The van der Waals surface area contributed by atoms with Crippen molar-refractivity contribution in [1.29, 1.82) is 0 Å². The number of carbonyl (C=O) groups excluding carboxylic acids is 1. The SMILES string of the molecule is O=C(CCI)OCC[NH2+]c1ccccc1. The Labute approximate surface area is 103 Å². The average molecular weight is 320 g/mol. The van der Waals surface area contributed by atoms with E-state index in [9.17, 15) is 4.79 Å². The van der Waals surface area contributed by atoms with Gasteiger partial charge in [-0.15, -0.1) is 0 Å². The number of halogens is 1. The summed E-state index contributed by atoms with van der Waals surface area (Å²) in [4.78, 5) is 11.0. The minimum absolute atomic E-state index is 0.106. The summed E-state index contributed by atoms with van der Waals surface area (Å²) in [6, 6.07) is 10.0. The van der Waals surface area contributed by atoms with Gasteiger partial charge in [0.2, 0.25) is 0 Å². The highest BCUT2D eigenvalue weighted by Crippen LogP contribution is 1.95. The molecule has 0 aromatic heterocycles. The summed E-state index contributed by atoms with van der Waals surface area (Å²) in [5, 5.41) is 2.07. The fourth-order valence-electron chi connectivity index (χ4n) is 1.14. The molecule has 1 rings (SSSR count). The van der Waals surface area contributed by atoms with Crippen molar-refractivity contribution in [3.63, 3.8) is 0 Å². The van der Waals surface area contributed by atoms with Crippen molar-refractivity contribution in [2.45, 2.75) is 6.42 Å². The Balaban J connectivity index is 2.10. The Kier molecular flexibility index (Phi) is 6.34. The summed E-state index contributed by atoms with van der Waals surface area (Å²) in [5.74, 6) is -0.106. The van der Waals surface area contributed by atoms with Crippen LogP contribution >= 0.6 is 22.6 Å². The van der Waals surface area contributed by atoms with Crippen LogP contribution in [0.3, 0.4) is 0 Å². The van der Waals surface area contributed by atoms with Crippen LogP contribution in [0.1, 0.15) is 6.42 Å². The Bertz CT molecular complexity index is 290. The summed E-state index contributed by atoms with van der Waals surface area (Å²) in [5.41, 5.74) is 1.17. The Morgan fingerprint density at radius 3 is 2.73 bits per heavy atom. The first kappa shape index (κ1) is 12.4. The van der Waals surface area contributed by atoms with E-state index in [1.165, 1.54) is 5.69 Å². The van der Waals surface area contributed by atoms with E-state index in [2.05, 4.69) is 27.9 Å². The van der Waals surface area contributed by atoms with Crippen LogP contribution in [-0.4, -0.2) is 23.5 Å². The van der Waals surface area contributed by atoms with E-state index in [4.69, 9.17) is 4.74 Å². The first-order chi connectivity index (χ1) is 7.33. The molecule has 0 fully saturated rings. The molecule has 0 saturated carbocycles. The minimum atomic E-state index is -0.106. The molecule has 3 nitrogen and oxygen atoms in total. The lowest BCUT2D eigenvalue weighted by Gasteiger charge is -2.02. The zero-order valence-corrected chi connectivity index (χ0v) is 10.6. The van der Waals surface area contributed by atoms with Gasteiger partial charge in [0.1, 0.15) is 18.8 Å². The van der Waals surface area contributed by atoms with E-state index in [-0.39, 0.29) is 5.97 Å². The zero-order chi connectivity index (χ0) is 10.9. The number of alkyl halides is 1. The first-order valence-electron chi connectivity index (χ1n) is 4.93. The quantitative estimate of drug-likeness (QED) is 0.282. The molecule has 0 aliphatic rings. The van der Waals surface area contributed by atoms with E-state index >= 15 is 0 Å². The third-order valence-corrected chi connectivity index (χ3v) is 2.40. The second kappa shape index (κ2) is 7.64. The van der Waals surface area contributed by atoms with Gasteiger partial charge in [0.15, 0.2) is 0 Å². The molecule has 0 unspecified atom stereocenters. The van der Waals surface area contributed by atoms with Crippen LogP contribution in [0.15, 0.2) is 30.3 Å². The van der Waals surface area contributed by atoms with Crippen LogP contribution < -0.4 is 5.32 Å². The predicted octanol–water partition coefficient (Wildman–Crippen LogP) is 1.25. The topological polar surface area (TPSA) is 42.9 Å². The number of ether oxygens (including phenoxy) is 1. The van der Waals surface area contributed by atoms with Crippen LogP contribution in [0.4, 0.5) is 5.69 Å². The van der Waals surface area contributed by atoms with Gasteiger partial charge in [0, 0.05) is 4.43 Å². The van der Waals surface area contributed by atoms with Crippen molar-refractivity contribution in [2.75, 3.05) is 17.6 Å². The number of benzene rings is 1. The maximum absolute atomic E-state index is 11.0. The fraction of sp³-hybridized carbons (Fsp3) is 0.364. The molecule has 4 heteroatoms. The Morgan fingerprint density at radius 1 is 1.33 bits per heavy atom. The van der Waals surface area contributed by atoms with Crippen molar-refractivity contribution in [2.24, 2.45) is 0 Å². The van der Waals surface area contributed by atoms with E-state index in [0.717, 1.165) is 11.0 Å². The molecule has 0 saturated heterocycles. The standard InChI is InChI=1S/C11H14INO2/c12-7-6-11(14)15-9-8-13-10-4-2-1-3-5-10/h1-5,13H,6-9H2/p+1. The molecule has 0 atom stereocenters. The molecule has 0 heterocycles. The van der Waals surface area contributed by atoms with E-state index in [1.54, 1.807) is 0 Å². The molecular formula is C11H15INO2+. The van der Waals surface area contributed by atoms with Crippen LogP contribution in [0.5, 0.6) is 0 Å². The molecule has 2 N–H and O–H groups in total. The summed E-state index contributed by atoms with van der Waals surface area (Å²) >= 11 is 2.16. The number of rotatable bonds is 6. The summed E-state index contributed by atoms with van der Waals surface area (Å²) in [6.45, 7) is 1.25. The van der Waals surface area contributed by atoms with Crippen molar-refractivity contribution >= 4 is 34.2 Å². The van der Waals surface area contributed by atoms with Crippen molar-refractivity contribution in [3.05, 3.63) is 30.3 Å². The van der Waals surface area contributed by atoms with Crippen LogP contribution in [0, 0.1) is 0 Å². The monoisotopic (exact) mass is 320 g/mol. The van der Waals surface area contributed by atoms with E-state index < -0.39 is 0 Å². The van der Waals surface area contributed by atoms with Gasteiger partial charge in [-0.05, 0) is 12.1 Å². The van der Waals surface area contributed by atoms with Gasteiger partial charge < -0.3 is 10.1 Å². The number of nitrogens with two attached hydrogens (primary N) is 1. The van der Waals surface area contributed by atoms with Gasteiger partial charge in [-0.25, -0.2) is 0 Å². The largest absolute Gasteiger partial charge is 0.460 e. The maximum atomic E-state index is 11.0. The maximum Gasteiger partial charge on any atom is 0.306 e. The second-order valence-electron chi connectivity index (χ2n) is 3.06. The number of hydrogen-bond acceptors (Lipinski definition) is 2. The van der Waals surface area contributed by atoms with Gasteiger partial charge in [-0.3, -0.25) is 4.79 Å². The highest BCUT2D eigenvalue weighted by Gasteiger charge is 2.01. The summed E-state index contributed by atoms with van der Waals surface area (Å²) in [7, 11) is 0. The Hall–Kier alpha value is -0.620. The lowest BCUT2D eigenvalue weighted by Crippen LogP contribution is -2.79. The molecule has 0 bridgehead atoms. The number of carbonyl (C=O) groups is 1. The fourth-order valence-corrected chi connectivity index (χ4v) is 1.58. The van der Waals surface area contributed by atoms with Gasteiger partial charge in [0.05, 0.1) is 6.42 Å².